The zero-order valence-corrected chi connectivity index (χ0v) is 13.3. The van der Waals surface area contributed by atoms with E-state index >= 15 is 0 Å². The van der Waals surface area contributed by atoms with Gasteiger partial charge in [0.25, 0.3) is 5.91 Å². The number of oxazole rings is 1. The van der Waals surface area contributed by atoms with Crippen LogP contribution in [0.5, 0.6) is 0 Å². The van der Waals surface area contributed by atoms with Gasteiger partial charge in [-0.2, -0.15) is 13.2 Å². The van der Waals surface area contributed by atoms with Gasteiger partial charge in [-0.25, -0.2) is 9.78 Å². The summed E-state index contributed by atoms with van der Waals surface area (Å²) in [5.41, 5.74) is -2.02. The first-order chi connectivity index (χ1) is 11.6. The van der Waals surface area contributed by atoms with Gasteiger partial charge >= 0.3 is 12.2 Å². The number of rotatable bonds is 3. The number of urea groups is 1. The third kappa shape index (κ3) is 2.97. The summed E-state index contributed by atoms with van der Waals surface area (Å²) in [5.74, 6) is 0.150. The first-order valence-corrected chi connectivity index (χ1v) is 7.34. The largest absolute Gasteiger partial charge is 0.444 e. The van der Waals surface area contributed by atoms with E-state index in [9.17, 15) is 22.8 Å². The van der Waals surface area contributed by atoms with Crippen molar-refractivity contribution in [3.63, 3.8) is 0 Å². The smallest absolute Gasteiger partial charge is 0.416 e. The van der Waals surface area contributed by atoms with Gasteiger partial charge in [0.15, 0.2) is 5.89 Å². The van der Waals surface area contributed by atoms with Gasteiger partial charge in [-0.1, -0.05) is 12.1 Å². The summed E-state index contributed by atoms with van der Waals surface area (Å²) in [6.07, 6.45) is -3.07. The first kappa shape index (κ1) is 17.0. The third-order valence-corrected chi connectivity index (χ3v) is 4.05. The number of carbonyl (C=O) groups excluding carboxylic acids is 2. The Balaban J connectivity index is 1.86. The molecule has 3 rings (SSSR count). The Labute approximate surface area is 140 Å². The molecule has 1 aromatic heterocycles. The van der Waals surface area contributed by atoms with E-state index in [2.05, 4.69) is 10.3 Å². The lowest BCUT2D eigenvalue weighted by atomic mass is 9.91. The van der Waals surface area contributed by atoms with Crippen molar-refractivity contribution < 1.29 is 27.2 Å². The molecule has 1 fully saturated rings. The van der Waals surface area contributed by atoms with Crippen LogP contribution in [0.3, 0.4) is 0 Å². The Hall–Kier alpha value is -2.84. The van der Waals surface area contributed by atoms with Crippen LogP contribution in [0.25, 0.3) is 0 Å². The molecule has 3 amide bonds. The number of nitrogens with zero attached hydrogens (tertiary/aromatic N) is 2. The van der Waals surface area contributed by atoms with Crippen LogP contribution in [0.2, 0.25) is 0 Å². The highest BCUT2D eigenvalue weighted by Gasteiger charge is 2.49. The quantitative estimate of drug-likeness (QED) is 0.861. The van der Waals surface area contributed by atoms with Gasteiger partial charge in [-0.05, 0) is 24.6 Å². The molecule has 1 aliphatic rings. The van der Waals surface area contributed by atoms with Gasteiger partial charge in [0.1, 0.15) is 11.3 Å². The highest BCUT2D eigenvalue weighted by Crippen LogP contribution is 2.33. The van der Waals surface area contributed by atoms with Crippen LogP contribution in [0.15, 0.2) is 34.9 Å². The predicted molar refractivity (Wildman–Crippen MR) is 79.1 cm³/mol. The number of alkyl halides is 3. The van der Waals surface area contributed by atoms with E-state index in [4.69, 9.17) is 4.42 Å². The Kier molecular flexibility index (Phi) is 3.81. The average molecular weight is 353 g/mol. The second-order valence-corrected chi connectivity index (χ2v) is 5.87. The molecule has 0 radical (unpaired) electrons. The van der Waals surface area contributed by atoms with Crippen LogP contribution in [-0.4, -0.2) is 21.8 Å². The summed E-state index contributed by atoms with van der Waals surface area (Å²) in [7, 11) is 0. The van der Waals surface area contributed by atoms with Gasteiger partial charge in [0, 0.05) is 6.92 Å². The second kappa shape index (κ2) is 5.61. The predicted octanol–water partition coefficient (Wildman–Crippen LogP) is 2.97. The standard InChI is InChI=1S/C16H14F3N3O3/c1-9-20-7-12(25-9)8-22-13(23)15(2,21-14(22)24)10-3-5-11(6-4-10)16(17,18)19/h3-7H,8H2,1-2H3,(H,21,24). The van der Waals surface area contributed by atoms with E-state index in [-0.39, 0.29) is 12.1 Å². The Morgan fingerprint density at radius 3 is 2.40 bits per heavy atom. The maximum Gasteiger partial charge on any atom is 0.416 e. The fraction of sp³-hybridized carbons (Fsp3) is 0.312. The fourth-order valence-electron chi connectivity index (χ4n) is 2.66. The first-order valence-electron chi connectivity index (χ1n) is 7.34. The molecule has 1 N–H and O–H groups in total. The summed E-state index contributed by atoms with van der Waals surface area (Å²) in [6.45, 7) is 2.96. The Bertz CT molecular complexity index is 829. The molecule has 0 aliphatic carbocycles. The molecule has 0 bridgehead atoms. The van der Waals surface area contributed by atoms with Crippen LogP contribution in [0.4, 0.5) is 18.0 Å². The van der Waals surface area contributed by atoms with E-state index in [0.29, 0.717) is 11.7 Å². The molecule has 132 valence electrons. The average Bonchev–Trinajstić information content (AvgIpc) is 3.04. The Morgan fingerprint density at radius 1 is 1.24 bits per heavy atom. The zero-order chi connectivity index (χ0) is 18.4. The minimum atomic E-state index is -4.47. The molecule has 2 aromatic rings. The number of aromatic nitrogens is 1. The van der Waals surface area contributed by atoms with Gasteiger partial charge in [0.2, 0.25) is 0 Å². The van der Waals surface area contributed by atoms with Crippen molar-refractivity contribution in [2.45, 2.75) is 32.1 Å². The number of carbonyl (C=O) groups is 2. The van der Waals surface area contributed by atoms with Crippen LogP contribution in [-0.2, 0) is 23.1 Å². The summed E-state index contributed by atoms with van der Waals surface area (Å²) < 4.78 is 43.3. The normalized spacial score (nSPS) is 20.9. The molecule has 0 spiro atoms. The van der Waals surface area contributed by atoms with Crippen molar-refractivity contribution in [3.05, 3.63) is 53.2 Å². The van der Waals surface area contributed by atoms with Crippen molar-refractivity contribution in [3.8, 4) is 0 Å². The number of amides is 3. The van der Waals surface area contributed by atoms with E-state index < -0.39 is 29.2 Å². The molecule has 1 aromatic carbocycles. The molecule has 0 saturated carbocycles. The molecule has 9 heteroatoms. The van der Waals surface area contributed by atoms with Crippen LogP contribution in [0, 0.1) is 6.92 Å². The van der Waals surface area contributed by atoms with E-state index in [1.165, 1.54) is 25.3 Å². The topological polar surface area (TPSA) is 75.4 Å². The van der Waals surface area contributed by atoms with Crippen molar-refractivity contribution in [2.75, 3.05) is 0 Å². The fourth-order valence-corrected chi connectivity index (χ4v) is 2.66. The zero-order valence-electron chi connectivity index (χ0n) is 13.3. The molecule has 1 unspecified atom stereocenters. The summed E-state index contributed by atoms with van der Waals surface area (Å²) in [6, 6.07) is 3.47. The molecule has 1 atom stereocenters. The van der Waals surface area contributed by atoms with Gasteiger partial charge < -0.3 is 9.73 Å². The summed E-state index contributed by atoms with van der Waals surface area (Å²) in [5, 5.41) is 2.53. The molecule has 6 nitrogen and oxygen atoms in total. The lowest BCUT2D eigenvalue weighted by molar-refractivity contribution is -0.137. The van der Waals surface area contributed by atoms with Crippen molar-refractivity contribution in [1.29, 1.82) is 0 Å². The monoisotopic (exact) mass is 353 g/mol. The molecule has 1 saturated heterocycles. The highest BCUT2D eigenvalue weighted by atomic mass is 19.4. The highest BCUT2D eigenvalue weighted by molar-refractivity contribution is 6.07. The van der Waals surface area contributed by atoms with Crippen LogP contribution < -0.4 is 5.32 Å². The number of benzene rings is 1. The van der Waals surface area contributed by atoms with Gasteiger partial charge in [-0.15, -0.1) is 0 Å². The van der Waals surface area contributed by atoms with Crippen molar-refractivity contribution >= 4 is 11.9 Å². The molecule has 1 aliphatic heterocycles. The lowest BCUT2D eigenvalue weighted by Crippen LogP contribution is -2.40. The SMILES string of the molecule is Cc1ncc(CN2C(=O)NC(C)(c3ccc(C(F)(F)F)cc3)C2=O)o1. The molecule has 25 heavy (non-hydrogen) atoms. The number of aryl methyl sites for hydroxylation is 1. The third-order valence-electron chi connectivity index (χ3n) is 4.05. The minimum absolute atomic E-state index is 0.109. The van der Waals surface area contributed by atoms with Crippen LogP contribution in [0.1, 0.15) is 29.7 Å². The number of halogens is 3. The number of hydrogen-bond acceptors (Lipinski definition) is 4. The number of nitrogens with one attached hydrogen (secondary N) is 1. The van der Waals surface area contributed by atoms with E-state index in [0.717, 1.165) is 17.0 Å². The molecular weight excluding hydrogens is 339 g/mol. The second-order valence-electron chi connectivity index (χ2n) is 5.87. The number of imide groups is 1. The van der Waals surface area contributed by atoms with E-state index in [1.807, 2.05) is 0 Å². The maximum atomic E-state index is 12.7. The molecular formula is C16H14F3N3O3. The minimum Gasteiger partial charge on any atom is -0.444 e. The number of hydrogen-bond donors (Lipinski definition) is 1. The van der Waals surface area contributed by atoms with Crippen LogP contribution >= 0.6 is 0 Å². The van der Waals surface area contributed by atoms with Gasteiger partial charge in [-0.3, -0.25) is 9.69 Å². The summed E-state index contributed by atoms with van der Waals surface area (Å²) in [4.78, 5) is 29.7. The lowest BCUT2D eigenvalue weighted by Gasteiger charge is -2.22. The maximum absolute atomic E-state index is 12.7. The van der Waals surface area contributed by atoms with Crippen molar-refractivity contribution in [1.82, 2.24) is 15.2 Å². The van der Waals surface area contributed by atoms with Crippen molar-refractivity contribution in [2.24, 2.45) is 0 Å². The van der Waals surface area contributed by atoms with E-state index in [1.54, 1.807) is 6.92 Å². The van der Waals surface area contributed by atoms with Gasteiger partial charge in [0.05, 0.1) is 18.3 Å². The Morgan fingerprint density at radius 2 is 1.88 bits per heavy atom. The molecule has 2 heterocycles. The summed E-state index contributed by atoms with van der Waals surface area (Å²) >= 11 is 0.